The lowest BCUT2D eigenvalue weighted by molar-refractivity contribution is -0.633. The SMILES string of the molecule is [C-]#[N+]c1ccc2c(c1)oc1c(-c3cc(CC4CCCC4)c4ccc([Si](C)(C)C)cc4[n+]3C)c(C)c(C)cc12. The highest BCUT2D eigenvalue weighted by Gasteiger charge is 2.28. The Balaban J connectivity index is 1.68. The summed E-state index contributed by atoms with van der Waals surface area (Å²) in [6, 6.07) is 17.8. The average Bonchev–Trinajstić information content (AvgIpc) is 3.53. The van der Waals surface area contributed by atoms with Gasteiger partial charge in [-0.25, -0.2) is 4.85 Å². The van der Waals surface area contributed by atoms with Gasteiger partial charge in [0.1, 0.15) is 18.2 Å². The van der Waals surface area contributed by atoms with E-state index in [0.717, 1.165) is 34.3 Å². The molecule has 1 aliphatic rings. The van der Waals surface area contributed by atoms with E-state index in [-0.39, 0.29) is 0 Å². The first-order chi connectivity index (χ1) is 18.2. The van der Waals surface area contributed by atoms with E-state index in [1.165, 1.54) is 69.7 Å². The first-order valence-electron chi connectivity index (χ1n) is 14.0. The van der Waals surface area contributed by atoms with Crippen molar-refractivity contribution in [2.24, 2.45) is 13.0 Å². The molecule has 0 saturated heterocycles. The minimum Gasteiger partial charge on any atom is -0.456 e. The van der Waals surface area contributed by atoms with Crippen molar-refractivity contribution in [3.63, 3.8) is 0 Å². The van der Waals surface area contributed by atoms with Crippen LogP contribution < -0.4 is 9.75 Å². The number of benzene rings is 3. The van der Waals surface area contributed by atoms with Crippen molar-refractivity contribution >= 4 is 51.8 Å². The number of aromatic nitrogens is 1. The van der Waals surface area contributed by atoms with Crippen LogP contribution in [0.15, 0.2) is 52.9 Å². The van der Waals surface area contributed by atoms with Gasteiger partial charge >= 0.3 is 0 Å². The molecule has 2 heterocycles. The van der Waals surface area contributed by atoms with Crippen LogP contribution in [0.25, 0.3) is 48.9 Å². The second-order valence-corrected chi connectivity index (χ2v) is 17.5. The van der Waals surface area contributed by atoms with Crippen LogP contribution in [0.1, 0.15) is 42.4 Å². The molecule has 6 rings (SSSR count). The Labute approximate surface area is 226 Å². The molecule has 0 N–H and O–H groups in total. The highest BCUT2D eigenvalue weighted by atomic mass is 28.3. The summed E-state index contributed by atoms with van der Waals surface area (Å²) >= 11 is 0. The fourth-order valence-electron chi connectivity index (χ4n) is 6.46. The van der Waals surface area contributed by atoms with E-state index in [1.807, 2.05) is 18.2 Å². The zero-order valence-corrected chi connectivity index (χ0v) is 24.5. The third-order valence-corrected chi connectivity index (χ3v) is 10.9. The number of rotatable bonds is 4. The molecule has 5 aromatic rings. The van der Waals surface area contributed by atoms with E-state index in [0.29, 0.717) is 5.69 Å². The summed E-state index contributed by atoms with van der Waals surface area (Å²) in [6.45, 7) is 19.2. The molecular formula is C34H37N2OSi+. The van der Waals surface area contributed by atoms with E-state index < -0.39 is 8.07 Å². The molecule has 3 aromatic carbocycles. The summed E-state index contributed by atoms with van der Waals surface area (Å²) in [5.41, 5.74) is 10.0. The van der Waals surface area contributed by atoms with Crippen molar-refractivity contribution in [2.75, 3.05) is 0 Å². The number of furan rings is 1. The zero-order valence-electron chi connectivity index (χ0n) is 23.5. The number of aryl methyl sites for hydroxylation is 2. The van der Waals surface area contributed by atoms with Gasteiger partial charge in [0.05, 0.1) is 20.2 Å². The van der Waals surface area contributed by atoms with E-state index in [4.69, 9.17) is 11.0 Å². The van der Waals surface area contributed by atoms with Gasteiger partial charge in [-0.3, -0.25) is 0 Å². The molecule has 192 valence electrons. The Hall–Kier alpha value is -3.42. The van der Waals surface area contributed by atoms with Gasteiger partial charge in [0.2, 0.25) is 11.2 Å². The smallest absolute Gasteiger partial charge is 0.217 e. The maximum atomic E-state index is 7.46. The van der Waals surface area contributed by atoms with Crippen molar-refractivity contribution in [3.05, 3.63) is 76.6 Å². The number of fused-ring (bicyclic) bond motifs is 4. The predicted molar refractivity (Wildman–Crippen MR) is 162 cm³/mol. The molecule has 0 unspecified atom stereocenters. The molecule has 0 atom stereocenters. The van der Waals surface area contributed by atoms with Gasteiger partial charge in [-0.1, -0.05) is 68.7 Å². The quantitative estimate of drug-likeness (QED) is 0.133. The normalized spacial score (nSPS) is 14.7. The van der Waals surface area contributed by atoms with Gasteiger partial charge in [0, 0.05) is 28.3 Å². The minimum atomic E-state index is -1.47. The van der Waals surface area contributed by atoms with Crippen LogP contribution in [0.2, 0.25) is 19.6 Å². The largest absolute Gasteiger partial charge is 0.456 e. The van der Waals surface area contributed by atoms with Crippen molar-refractivity contribution in [1.82, 2.24) is 0 Å². The second-order valence-electron chi connectivity index (χ2n) is 12.4. The number of pyridine rings is 1. The van der Waals surface area contributed by atoms with Crippen LogP contribution in [0.5, 0.6) is 0 Å². The Morgan fingerprint density at radius 3 is 2.39 bits per heavy atom. The summed E-state index contributed by atoms with van der Waals surface area (Å²) in [4.78, 5) is 3.63. The molecule has 1 fully saturated rings. The fraction of sp³-hybridized carbons (Fsp3) is 0.353. The lowest BCUT2D eigenvalue weighted by Crippen LogP contribution is -2.40. The third-order valence-electron chi connectivity index (χ3n) is 8.88. The maximum absolute atomic E-state index is 7.46. The molecule has 38 heavy (non-hydrogen) atoms. The van der Waals surface area contributed by atoms with Crippen LogP contribution >= 0.6 is 0 Å². The molecule has 0 bridgehead atoms. The van der Waals surface area contributed by atoms with Gasteiger partial charge in [0.25, 0.3) is 0 Å². The predicted octanol–water partition coefficient (Wildman–Crippen LogP) is 8.68. The van der Waals surface area contributed by atoms with Crippen LogP contribution in [-0.4, -0.2) is 8.07 Å². The van der Waals surface area contributed by atoms with Gasteiger partial charge in [0.15, 0.2) is 5.69 Å². The molecule has 2 aromatic heterocycles. The van der Waals surface area contributed by atoms with Crippen LogP contribution in [-0.2, 0) is 13.5 Å². The molecule has 1 aliphatic carbocycles. The molecular weight excluding hydrogens is 480 g/mol. The molecule has 3 nitrogen and oxygen atoms in total. The summed E-state index contributed by atoms with van der Waals surface area (Å²) in [5, 5.41) is 5.08. The van der Waals surface area contributed by atoms with Gasteiger partial charge in [-0.15, -0.1) is 0 Å². The molecule has 0 aliphatic heterocycles. The van der Waals surface area contributed by atoms with Gasteiger partial charge in [-0.05, 0) is 61.1 Å². The Morgan fingerprint density at radius 2 is 1.68 bits per heavy atom. The van der Waals surface area contributed by atoms with E-state index in [2.05, 4.69) is 80.3 Å². The first-order valence-corrected chi connectivity index (χ1v) is 17.5. The fourth-order valence-corrected chi connectivity index (χ4v) is 7.61. The topological polar surface area (TPSA) is 21.4 Å². The Kier molecular flexibility index (Phi) is 5.96. The highest BCUT2D eigenvalue weighted by molar-refractivity contribution is 6.88. The van der Waals surface area contributed by atoms with E-state index in [1.54, 1.807) is 0 Å². The summed E-state index contributed by atoms with van der Waals surface area (Å²) in [5.74, 6) is 0.771. The zero-order chi connectivity index (χ0) is 26.8. The molecule has 0 spiro atoms. The molecule has 4 heteroatoms. The number of nitrogens with zero attached hydrogens (tertiary/aromatic N) is 2. The monoisotopic (exact) mass is 517 g/mol. The maximum Gasteiger partial charge on any atom is 0.217 e. The van der Waals surface area contributed by atoms with E-state index in [9.17, 15) is 0 Å². The van der Waals surface area contributed by atoms with Crippen LogP contribution in [0, 0.1) is 26.3 Å². The summed E-state index contributed by atoms with van der Waals surface area (Å²) in [6.07, 6.45) is 6.54. The minimum absolute atomic E-state index is 0.612. The average molecular weight is 518 g/mol. The Bertz CT molecular complexity index is 1780. The summed E-state index contributed by atoms with van der Waals surface area (Å²) in [7, 11) is 0.746. The van der Waals surface area contributed by atoms with Crippen molar-refractivity contribution < 1.29 is 8.98 Å². The Morgan fingerprint density at radius 1 is 0.947 bits per heavy atom. The molecule has 0 amide bonds. The highest BCUT2D eigenvalue weighted by Crippen LogP contribution is 2.41. The van der Waals surface area contributed by atoms with Crippen LogP contribution in [0.3, 0.4) is 0 Å². The lowest BCUT2D eigenvalue weighted by Gasteiger charge is -2.19. The molecule has 1 saturated carbocycles. The second kappa shape index (κ2) is 9.10. The number of hydrogen-bond donors (Lipinski definition) is 0. The van der Waals surface area contributed by atoms with Gasteiger partial charge in [-0.2, -0.15) is 4.57 Å². The van der Waals surface area contributed by atoms with Crippen molar-refractivity contribution in [2.45, 2.75) is 65.6 Å². The number of hydrogen-bond acceptors (Lipinski definition) is 1. The molecule has 0 radical (unpaired) electrons. The van der Waals surface area contributed by atoms with Crippen LogP contribution in [0.4, 0.5) is 5.69 Å². The lowest BCUT2D eigenvalue weighted by atomic mass is 9.91. The first kappa shape index (κ1) is 24.9. The standard InChI is InChI=1S/C34H37N2OSi/c1-21-16-29-28-14-12-25(35-3)19-32(28)37-34(29)33(22(21)2)31-18-24(17-23-10-8-9-11-23)27-15-13-26(38(5,6)7)20-30(27)36(31)4/h12-16,18-20,23H,8-11,17H2,1-2,4-7H3/q+1. The summed E-state index contributed by atoms with van der Waals surface area (Å²) < 4.78 is 8.98. The van der Waals surface area contributed by atoms with E-state index >= 15 is 0 Å². The van der Waals surface area contributed by atoms with Gasteiger partial charge < -0.3 is 4.42 Å². The van der Waals surface area contributed by atoms with Crippen molar-refractivity contribution in [1.29, 1.82) is 0 Å². The van der Waals surface area contributed by atoms with Crippen molar-refractivity contribution in [3.8, 4) is 11.3 Å². The third kappa shape index (κ3) is 4.05.